The van der Waals surface area contributed by atoms with Gasteiger partial charge in [-0.2, -0.15) is 4.68 Å². The van der Waals surface area contributed by atoms with Crippen LogP contribution in [0.1, 0.15) is 0 Å². The molecule has 0 N–H and O–H groups in total. The lowest BCUT2D eigenvalue weighted by Crippen LogP contribution is -1.94. The highest BCUT2D eigenvalue weighted by molar-refractivity contribution is 7.98. The SMILES string of the molecule is Cn1nc([N+](=O)[O-])nc1Sc1nnc(-c2ccco2)o1. The van der Waals surface area contributed by atoms with Crippen LogP contribution in [0, 0.1) is 10.1 Å². The molecule has 3 heterocycles. The molecular formula is C9H6N6O4S. The fourth-order valence-electron chi connectivity index (χ4n) is 1.35. The molecule has 20 heavy (non-hydrogen) atoms. The van der Waals surface area contributed by atoms with Gasteiger partial charge in [0.05, 0.1) is 6.26 Å². The van der Waals surface area contributed by atoms with Gasteiger partial charge in [-0.25, -0.2) is 0 Å². The van der Waals surface area contributed by atoms with E-state index < -0.39 is 10.9 Å². The molecule has 0 amide bonds. The fraction of sp³-hybridized carbons (Fsp3) is 0.111. The zero-order valence-electron chi connectivity index (χ0n) is 9.96. The summed E-state index contributed by atoms with van der Waals surface area (Å²) in [5, 5.41) is 22.3. The van der Waals surface area contributed by atoms with E-state index in [1.807, 2.05) is 0 Å². The lowest BCUT2D eigenvalue weighted by atomic mass is 10.5. The van der Waals surface area contributed by atoms with E-state index >= 15 is 0 Å². The molecule has 0 bridgehead atoms. The molecule has 0 spiro atoms. The molecule has 3 aromatic heterocycles. The van der Waals surface area contributed by atoms with Crippen molar-refractivity contribution >= 4 is 17.7 Å². The van der Waals surface area contributed by atoms with Crippen molar-refractivity contribution in [3.8, 4) is 11.7 Å². The van der Waals surface area contributed by atoms with Crippen LogP contribution in [-0.2, 0) is 7.05 Å². The van der Waals surface area contributed by atoms with E-state index in [0.717, 1.165) is 11.8 Å². The monoisotopic (exact) mass is 294 g/mol. The quantitative estimate of drug-likeness (QED) is 0.519. The summed E-state index contributed by atoms with van der Waals surface area (Å²) in [5.41, 5.74) is 0. The minimum absolute atomic E-state index is 0.182. The summed E-state index contributed by atoms with van der Waals surface area (Å²) in [4.78, 5) is 13.6. The van der Waals surface area contributed by atoms with Gasteiger partial charge in [0, 0.05) is 23.9 Å². The second-order valence-corrected chi connectivity index (χ2v) is 4.45. The second kappa shape index (κ2) is 4.77. The summed E-state index contributed by atoms with van der Waals surface area (Å²) >= 11 is 0.974. The van der Waals surface area contributed by atoms with Crippen LogP contribution in [0.25, 0.3) is 11.7 Å². The smallest absolute Gasteiger partial charge is 0.459 e. The molecule has 0 aliphatic rings. The van der Waals surface area contributed by atoms with Crippen LogP contribution in [0.15, 0.2) is 37.6 Å². The first kappa shape index (κ1) is 12.3. The maximum absolute atomic E-state index is 10.6. The minimum Gasteiger partial charge on any atom is -0.459 e. The lowest BCUT2D eigenvalue weighted by Gasteiger charge is -1.88. The van der Waals surface area contributed by atoms with Crippen molar-refractivity contribution in [1.29, 1.82) is 0 Å². The Balaban J connectivity index is 1.83. The zero-order valence-corrected chi connectivity index (χ0v) is 10.8. The maximum atomic E-state index is 10.6. The molecule has 0 aromatic carbocycles. The largest absolute Gasteiger partial charge is 0.492 e. The van der Waals surface area contributed by atoms with E-state index in [2.05, 4.69) is 20.3 Å². The number of nitrogens with zero attached hydrogens (tertiary/aromatic N) is 6. The van der Waals surface area contributed by atoms with Crippen LogP contribution in [0.2, 0.25) is 0 Å². The van der Waals surface area contributed by atoms with E-state index in [4.69, 9.17) is 8.83 Å². The predicted octanol–water partition coefficient (Wildman–Crippen LogP) is 1.52. The molecule has 0 atom stereocenters. The van der Waals surface area contributed by atoms with Gasteiger partial charge in [-0.3, -0.25) is 0 Å². The van der Waals surface area contributed by atoms with E-state index in [-0.39, 0.29) is 16.3 Å². The molecule has 102 valence electrons. The fourth-order valence-corrected chi connectivity index (χ4v) is 2.01. The van der Waals surface area contributed by atoms with Gasteiger partial charge in [0.1, 0.15) is 0 Å². The third-order valence-electron chi connectivity index (χ3n) is 2.19. The summed E-state index contributed by atoms with van der Waals surface area (Å²) in [5.74, 6) is 0.170. The van der Waals surface area contributed by atoms with Gasteiger partial charge in [0.15, 0.2) is 5.76 Å². The van der Waals surface area contributed by atoms with E-state index in [0.29, 0.717) is 5.76 Å². The first-order valence-corrected chi connectivity index (χ1v) is 6.06. The van der Waals surface area contributed by atoms with Crippen molar-refractivity contribution in [3.63, 3.8) is 0 Å². The first-order chi connectivity index (χ1) is 9.63. The summed E-state index contributed by atoms with van der Waals surface area (Å²) in [6.07, 6.45) is 1.48. The molecule has 10 nitrogen and oxygen atoms in total. The Morgan fingerprint density at radius 3 is 2.95 bits per heavy atom. The van der Waals surface area contributed by atoms with Crippen LogP contribution < -0.4 is 0 Å². The molecule has 11 heteroatoms. The van der Waals surface area contributed by atoms with Crippen molar-refractivity contribution < 1.29 is 13.8 Å². The Morgan fingerprint density at radius 1 is 1.45 bits per heavy atom. The van der Waals surface area contributed by atoms with Crippen molar-refractivity contribution in [1.82, 2.24) is 25.0 Å². The Bertz CT molecular complexity index is 748. The van der Waals surface area contributed by atoms with Gasteiger partial charge in [0.25, 0.3) is 16.3 Å². The van der Waals surface area contributed by atoms with Crippen molar-refractivity contribution in [2.45, 2.75) is 10.4 Å². The molecule has 0 aliphatic heterocycles. The van der Waals surface area contributed by atoms with E-state index in [1.54, 1.807) is 12.1 Å². The Kier molecular flexibility index (Phi) is 2.95. The average Bonchev–Trinajstić information content (AvgIpc) is 3.11. The van der Waals surface area contributed by atoms with Crippen LogP contribution in [0.3, 0.4) is 0 Å². The number of hydrogen-bond donors (Lipinski definition) is 0. The summed E-state index contributed by atoms with van der Waals surface area (Å²) in [6, 6.07) is 3.37. The molecule has 0 fully saturated rings. The highest BCUT2D eigenvalue weighted by Gasteiger charge is 2.22. The second-order valence-electron chi connectivity index (χ2n) is 3.53. The molecule has 3 rings (SSSR count). The molecule has 0 aliphatic carbocycles. The van der Waals surface area contributed by atoms with Gasteiger partial charge in [-0.05, 0) is 22.0 Å². The summed E-state index contributed by atoms with van der Waals surface area (Å²) in [6.45, 7) is 0. The number of hydrogen-bond acceptors (Lipinski definition) is 9. The van der Waals surface area contributed by atoms with E-state index in [1.165, 1.54) is 18.0 Å². The normalized spacial score (nSPS) is 10.8. The van der Waals surface area contributed by atoms with Gasteiger partial charge >= 0.3 is 5.95 Å². The Morgan fingerprint density at radius 2 is 2.30 bits per heavy atom. The zero-order chi connectivity index (χ0) is 14.1. The number of rotatable bonds is 4. The average molecular weight is 294 g/mol. The number of aryl methyl sites for hydroxylation is 1. The first-order valence-electron chi connectivity index (χ1n) is 5.24. The highest BCUT2D eigenvalue weighted by atomic mass is 32.2. The third kappa shape index (κ3) is 2.25. The minimum atomic E-state index is -0.674. The molecule has 0 radical (unpaired) electrons. The predicted molar refractivity (Wildman–Crippen MR) is 63.8 cm³/mol. The Labute approximate surface area is 115 Å². The summed E-state index contributed by atoms with van der Waals surface area (Å²) in [7, 11) is 1.53. The van der Waals surface area contributed by atoms with E-state index in [9.17, 15) is 10.1 Å². The molecule has 0 unspecified atom stereocenters. The third-order valence-corrected chi connectivity index (χ3v) is 3.07. The van der Waals surface area contributed by atoms with Gasteiger partial charge in [0.2, 0.25) is 0 Å². The van der Waals surface area contributed by atoms with Crippen molar-refractivity contribution in [2.24, 2.45) is 7.05 Å². The van der Waals surface area contributed by atoms with Crippen molar-refractivity contribution in [3.05, 3.63) is 28.5 Å². The van der Waals surface area contributed by atoms with Crippen LogP contribution >= 0.6 is 11.8 Å². The topological polar surface area (TPSA) is 126 Å². The molecule has 0 saturated heterocycles. The molecule has 0 saturated carbocycles. The summed E-state index contributed by atoms with van der Waals surface area (Å²) < 4.78 is 11.7. The molecular weight excluding hydrogens is 288 g/mol. The maximum Gasteiger partial charge on any atom is 0.492 e. The van der Waals surface area contributed by atoms with Gasteiger partial charge in [-0.1, -0.05) is 0 Å². The van der Waals surface area contributed by atoms with Gasteiger partial charge in [-0.15, -0.1) is 10.2 Å². The van der Waals surface area contributed by atoms with Crippen LogP contribution in [0.5, 0.6) is 0 Å². The molecule has 3 aromatic rings. The Hall–Kier alpha value is -2.69. The van der Waals surface area contributed by atoms with Crippen LogP contribution in [-0.4, -0.2) is 29.9 Å². The lowest BCUT2D eigenvalue weighted by molar-refractivity contribution is -0.394. The standard InChI is InChI=1S/C9H6N6O4S/c1-14-8(10-7(13-14)15(16)17)20-9-12-11-6(19-9)5-3-2-4-18-5/h2-4H,1H3. The van der Waals surface area contributed by atoms with Crippen molar-refractivity contribution in [2.75, 3.05) is 0 Å². The number of furan rings is 1. The van der Waals surface area contributed by atoms with Crippen LogP contribution in [0.4, 0.5) is 5.95 Å². The van der Waals surface area contributed by atoms with Gasteiger partial charge < -0.3 is 18.9 Å². The number of nitro groups is 1. The highest BCUT2D eigenvalue weighted by Crippen LogP contribution is 2.28. The number of aromatic nitrogens is 5.